The first kappa shape index (κ1) is 11.1. The standard InChI is InChI=1S/C10H15N5S/c1-3-7-15-8(5-6-12-15)9-13-14-10(16-9)11-4-2/h5-6H,3-4,7H2,1-2H3,(H,11,14). The second-order valence-electron chi connectivity index (χ2n) is 3.38. The van der Waals surface area contributed by atoms with E-state index in [-0.39, 0.29) is 0 Å². The van der Waals surface area contributed by atoms with Gasteiger partial charge in [0, 0.05) is 19.3 Å². The van der Waals surface area contributed by atoms with Gasteiger partial charge in [0.2, 0.25) is 5.13 Å². The molecule has 5 nitrogen and oxygen atoms in total. The molecule has 0 aliphatic rings. The lowest BCUT2D eigenvalue weighted by molar-refractivity contribution is 0.608. The minimum atomic E-state index is 0.863. The third kappa shape index (κ3) is 2.21. The van der Waals surface area contributed by atoms with Crippen LogP contribution in [0.3, 0.4) is 0 Å². The third-order valence-corrected chi connectivity index (χ3v) is 3.03. The van der Waals surface area contributed by atoms with Gasteiger partial charge >= 0.3 is 0 Å². The maximum atomic E-state index is 4.27. The molecular formula is C10H15N5S. The predicted octanol–water partition coefficient (Wildman–Crippen LogP) is 2.24. The van der Waals surface area contributed by atoms with Gasteiger partial charge in [0.05, 0.1) is 5.69 Å². The summed E-state index contributed by atoms with van der Waals surface area (Å²) in [6, 6.07) is 1.98. The normalized spacial score (nSPS) is 10.6. The number of anilines is 1. The van der Waals surface area contributed by atoms with Crippen LogP contribution in [0.1, 0.15) is 20.3 Å². The van der Waals surface area contributed by atoms with E-state index in [4.69, 9.17) is 0 Å². The summed E-state index contributed by atoms with van der Waals surface area (Å²) in [6.07, 6.45) is 2.87. The lowest BCUT2D eigenvalue weighted by Gasteiger charge is -2.01. The Hall–Kier alpha value is -1.43. The Morgan fingerprint density at radius 3 is 3.00 bits per heavy atom. The van der Waals surface area contributed by atoms with Gasteiger partial charge < -0.3 is 5.32 Å². The van der Waals surface area contributed by atoms with Gasteiger partial charge in [0.15, 0.2) is 5.01 Å². The molecule has 0 bridgehead atoms. The highest BCUT2D eigenvalue weighted by atomic mass is 32.1. The van der Waals surface area contributed by atoms with Crippen molar-refractivity contribution in [1.82, 2.24) is 20.0 Å². The zero-order valence-corrected chi connectivity index (χ0v) is 10.3. The van der Waals surface area contributed by atoms with E-state index in [0.717, 1.165) is 35.3 Å². The highest BCUT2D eigenvalue weighted by molar-refractivity contribution is 7.18. The fourth-order valence-electron chi connectivity index (χ4n) is 1.45. The van der Waals surface area contributed by atoms with Gasteiger partial charge in [0.1, 0.15) is 0 Å². The van der Waals surface area contributed by atoms with Crippen LogP contribution in [0.2, 0.25) is 0 Å². The first-order valence-electron chi connectivity index (χ1n) is 5.44. The number of nitrogens with zero attached hydrogens (tertiary/aromatic N) is 4. The molecule has 0 aliphatic heterocycles. The molecule has 6 heteroatoms. The van der Waals surface area contributed by atoms with Crippen LogP contribution >= 0.6 is 11.3 Å². The van der Waals surface area contributed by atoms with E-state index < -0.39 is 0 Å². The summed E-state index contributed by atoms with van der Waals surface area (Å²) in [5.74, 6) is 0. The minimum Gasteiger partial charge on any atom is -0.360 e. The van der Waals surface area contributed by atoms with Crippen molar-refractivity contribution in [3.63, 3.8) is 0 Å². The summed E-state index contributed by atoms with van der Waals surface area (Å²) in [5.41, 5.74) is 1.04. The number of hydrogen-bond donors (Lipinski definition) is 1. The molecule has 0 saturated carbocycles. The molecule has 2 aromatic heterocycles. The highest BCUT2D eigenvalue weighted by Gasteiger charge is 2.10. The van der Waals surface area contributed by atoms with Crippen molar-refractivity contribution in [3.8, 4) is 10.7 Å². The molecule has 0 unspecified atom stereocenters. The van der Waals surface area contributed by atoms with Crippen LogP contribution in [0.15, 0.2) is 12.3 Å². The number of rotatable bonds is 5. The lowest BCUT2D eigenvalue weighted by Crippen LogP contribution is -2.00. The topological polar surface area (TPSA) is 55.6 Å². The van der Waals surface area contributed by atoms with Crippen molar-refractivity contribution in [1.29, 1.82) is 0 Å². The molecule has 1 N–H and O–H groups in total. The van der Waals surface area contributed by atoms with Gasteiger partial charge in [-0.05, 0) is 19.4 Å². The lowest BCUT2D eigenvalue weighted by atomic mass is 10.4. The van der Waals surface area contributed by atoms with Crippen LogP contribution in [-0.4, -0.2) is 26.5 Å². The molecule has 2 heterocycles. The maximum Gasteiger partial charge on any atom is 0.206 e. The van der Waals surface area contributed by atoms with E-state index in [1.165, 1.54) is 0 Å². The predicted molar refractivity (Wildman–Crippen MR) is 65.6 cm³/mol. The van der Waals surface area contributed by atoms with Gasteiger partial charge in [-0.2, -0.15) is 5.10 Å². The average Bonchev–Trinajstić information content (AvgIpc) is 2.87. The highest BCUT2D eigenvalue weighted by Crippen LogP contribution is 2.25. The SMILES string of the molecule is CCCn1nccc1-c1nnc(NCC)s1. The Labute approximate surface area is 98.5 Å². The van der Waals surface area contributed by atoms with Crippen LogP contribution < -0.4 is 5.32 Å². The van der Waals surface area contributed by atoms with E-state index >= 15 is 0 Å². The van der Waals surface area contributed by atoms with E-state index in [9.17, 15) is 0 Å². The Morgan fingerprint density at radius 1 is 1.38 bits per heavy atom. The molecule has 0 aliphatic carbocycles. The molecule has 86 valence electrons. The van der Waals surface area contributed by atoms with Gasteiger partial charge in [-0.25, -0.2) is 0 Å². The van der Waals surface area contributed by atoms with Crippen LogP contribution in [0.4, 0.5) is 5.13 Å². The summed E-state index contributed by atoms with van der Waals surface area (Å²) in [7, 11) is 0. The molecular weight excluding hydrogens is 222 g/mol. The van der Waals surface area contributed by atoms with Crippen LogP contribution in [0.25, 0.3) is 10.7 Å². The average molecular weight is 237 g/mol. The molecule has 0 amide bonds. The molecule has 16 heavy (non-hydrogen) atoms. The second kappa shape index (κ2) is 5.07. The molecule has 0 spiro atoms. The third-order valence-electron chi connectivity index (χ3n) is 2.12. The van der Waals surface area contributed by atoms with Gasteiger partial charge in [-0.1, -0.05) is 18.3 Å². The van der Waals surface area contributed by atoms with Crippen LogP contribution in [-0.2, 0) is 6.54 Å². The van der Waals surface area contributed by atoms with Gasteiger partial charge in [0.25, 0.3) is 0 Å². The Morgan fingerprint density at radius 2 is 2.25 bits per heavy atom. The molecule has 2 rings (SSSR count). The quantitative estimate of drug-likeness (QED) is 0.866. The zero-order valence-electron chi connectivity index (χ0n) is 9.47. The summed E-state index contributed by atoms with van der Waals surface area (Å²) in [4.78, 5) is 0. The summed E-state index contributed by atoms with van der Waals surface area (Å²) in [6.45, 7) is 5.96. The van der Waals surface area contributed by atoms with Crippen molar-refractivity contribution in [2.45, 2.75) is 26.8 Å². The first-order valence-corrected chi connectivity index (χ1v) is 6.26. The monoisotopic (exact) mass is 237 g/mol. The van der Waals surface area contributed by atoms with Crippen LogP contribution in [0.5, 0.6) is 0 Å². The minimum absolute atomic E-state index is 0.863. The van der Waals surface area contributed by atoms with Crippen molar-refractivity contribution >= 4 is 16.5 Å². The summed E-state index contributed by atoms with van der Waals surface area (Å²) in [5, 5.41) is 17.5. The molecule has 0 atom stereocenters. The Bertz CT molecular complexity index is 448. The second-order valence-corrected chi connectivity index (χ2v) is 4.36. The van der Waals surface area contributed by atoms with Crippen molar-refractivity contribution < 1.29 is 0 Å². The molecule has 0 aromatic carbocycles. The largest absolute Gasteiger partial charge is 0.360 e. The van der Waals surface area contributed by atoms with E-state index in [0.29, 0.717) is 0 Å². The van der Waals surface area contributed by atoms with E-state index in [1.54, 1.807) is 17.5 Å². The van der Waals surface area contributed by atoms with Crippen molar-refractivity contribution in [2.75, 3.05) is 11.9 Å². The van der Waals surface area contributed by atoms with Gasteiger partial charge in [-0.3, -0.25) is 4.68 Å². The molecule has 0 saturated heterocycles. The number of nitrogens with one attached hydrogen (secondary N) is 1. The van der Waals surface area contributed by atoms with Crippen LogP contribution in [0, 0.1) is 0 Å². The smallest absolute Gasteiger partial charge is 0.206 e. The molecule has 0 radical (unpaired) electrons. The fraction of sp³-hybridized carbons (Fsp3) is 0.500. The maximum absolute atomic E-state index is 4.27. The number of aryl methyl sites for hydroxylation is 1. The van der Waals surface area contributed by atoms with E-state index in [2.05, 4.69) is 27.5 Å². The fourth-order valence-corrected chi connectivity index (χ4v) is 2.29. The molecule has 2 aromatic rings. The Kier molecular flexibility index (Phi) is 3.51. The van der Waals surface area contributed by atoms with Crippen molar-refractivity contribution in [3.05, 3.63) is 12.3 Å². The van der Waals surface area contributed by atoms with E-state index in [1.807, 2.05) is 17.7 Å². The Balaban J connectivity index is 2.24. The number of aromatic nitrogens is 4. The first-order chi connectivity index (χ1) is 7.85. The van der Waals surface area contributed by atoms with Crippen molar-refractivity contribution in [2.24, 2.45) is 0 Å². The molecule has 0 fully saturated rings. The zero-order chi connectivity index (χ0) is 11.4. The number of hydrogen-bond acceptors (Lipinski definition) is 5. The summed E-state index contributed by atoms with van der Waals surface area (Å²) < 4.78 is 1.97. The summed E-state index contributed by atoms with van der Waals surface area (Å²) >= 11 is 1.56. The van der Waals surface area contributed by atoms with Gasteiger partial charge in [-0.15, -0.1) is 10.2 Å².